The van der Waals surface area contributed by atoms with E-state index in [4.69, 9.17) is 9.97 Å². The van der Waals surface area contributed by atoms with Crippen molar-refractivity contribution in [1.29, 1.82) is 0 Å². The molecule has 1 aromatic heterocycles. The van der Waals surface area contributed by atoms with Crippen molar-refractivity contribution in [3.05, 3.63) is 84.4 Å². The van der Waals surface area contributed by atoms with Crippen molar-refractivity contribution in [3.63, 3.8) is 0 Å². The Morgan fingerprint density at radius 2 is 1.50 bits per heavy atom. The van der Waals surface area contributed by atoms with Crippen LogP contribution in [-0.2, 0) is 6.42 Å². The summed E-state index contributed by atoms with van der Waals surface area (Å²) in [5.74, 6) is 1.62. The predicted molar refractivity (Wildman–Crippen MR) is 118 cm³/mol. The minimum atomic E-state index is 0.742. The summed E-state index contributed by atoms with van der Waals surface area (Å²) in [6, 6.07) is 27.0. The topological polar surface area (TPSA) is 41.1 Å². The maximum absolute atomic E-state index is 4.84. The van der Waals surface area contributed by atoms with Crippen LogP contribution in [0.25, 0.3) is 22.3 Å². The molecule has 4 heteroatoms. The first kappa shape index (κ1) is 18.0. The summed E-state index contributed by atoms with van der Waals surface area (Å²) < 4.78 is 0. The van der Waals surface area contributed by atoms with Gasteiger partial charge >= 0.3 is 0 Å². The summed E-state index contributed by atoms with van der Waals surface area (Å²) in [5.41, 5.74) is 4.44. The normalized spacial score (nSPS) is 10.8. The van der Waals surface area contributed by atoms with Gasteiger partial charge in [-0.3, -0.25) is 0 Å². The van der Waals surface area contributed by atoms with E-state index in [2.05, 4.69) is 64.8 Å². The molecule has 140 valence electrons. The summed E-state index contributed by atoms with van der Waals surface area (Å²) in [7, 11) is 4.08. The molecule has 4 nitrogen and oxygen atoms in total. The number of rotatable bonds is 6. The van der Waals surface area contributed by atoms with Crippen LogP contribution in [0.1, 0.15) is 5.56 Å². The molecule has 0 fully saturated rings. The Balaban J connectivity index is 1.63. The monoisotopic (exact) mass is 368 g/mol. The van der Waals surface area contributed by atoms with Crippen LogP contribution in [-0.4, -0.2) is 30.6 Å². The molecule has 0 atom stereocenters. The van der Waals surface area contributed by atoms with Gasteiger partial charge in [0.2, 0.25) is 0 Å². The van der Waals surface area contributed by atoms with E-state index in [0.717, 1.165) is 46.8 Å². The maximum Gasteiger partial charge on any atom is 0.162 e. The smallest absolute Gasteiger partial charge is 0.162 e. The zero-order valence-corrected chi connectivity index (χ0v) is 16.3. The Morgan fingerprint density at radius 1 is 0.786 bits per heavy atom. The molecule has 1 N–H and O–H groups in total. The number of hydrogen-bond acceptors (Lipinski definition) is 4. The number of nitrogens with one attached hydrogen (secondary N) is 1. The van der Waals surface area contributed by atoms with Gasteiger partial charge in [-0.1, -0.05) is 42.5 Å². The van der Waals surface area contributed by atoms with Gasteiger partial charge in [0.15, 0.2) is 5.82 Å². The number of fused-ring (bicyclic) bond motifs is 1. The Hall–Kier alpha value is -3.40. The number of anilines is 2. The lowest BCUT2D eigenvalue weighted by atomic mass is 10.1. The molecule has 0 spiro atoms. The van der Waals surface area contributed by atoms with Crippen LogP contribution in [0.5, 0.6) is 0 Å². The Morgan fingerprint density at radius 3 is 2.25 bits per heavy atom. The van der Waals surface area contributed by atoms with Gasteiger partial charge in [-0.15, -0.1) is 0 Å². The van der Waals surface area contributed by atoms with Crippen LogP contribution in [0.15, 0.2) is 78.9 Å². The first-order valence-electron chi connectivity index (χ1n) is 9.53. The molecule has 4 rings (SSSR count). The lowest BCUT2D eigenvalue weighted by Gasteiger charge is -2.13. The van der Waals surface area contributed by atoms with Crippen LogP contribution in [0, 0.1) is 0 Å². The third kappa shape index (κ3) is 3.96. The lowest BCUT2D eigenvalue weighted by molar-refractivity contribution is 1.01. The molecule has 0 amide bonds. The van der Waals surface area contributed by atoms with Crippen molar-refractivity contribution in [2.45, 2.75) is 6.42 Å². The van der Waals surface area contributed by atoms with Crippen molar-refractivity contribution in [3.8, 4) is 11.4 Å². The van der Waals surface area contributed by atoms with Gasteiger partial charge in [0.25, 0.3) is 0 Å². The molecule has 0 aliphatic heterocycles. The zero-order chi connectivity index (χ0) is 19.3. The van der Waals surface area contributed by atoms with E-state index in [1.165, 1.54) is 5.56 Å². The molecule has 3 aromatic carbocycles. The van der Waals surface area contributed by atoms with E-state index < -0.39 is 0 Å². The van der Waals surface area contributed by atoms with Gasteiger partial charge in [-0.25, -0.2) is 9.97 Å². The lowest BCUT2D eigenvalue weighted by Crippen LogP contribution is -2.09. The standard InChI is InChI=1S/C24H24N4/c1-28(2)20-14-12-19(13-15-20)23-26-22-11-7-6-10-21(22)24(27-23)25-17-16-18-8-4-3-5-9-18/h3-15H,16-17H2,1-2H3,(H,25,26,27). The second-order valence-electron chi connectivity index (χ2n) is 7.02. The highest BCUT2D eigenvalue weighted by molar-refractivity contribution is 5.90. The average Bonchev–Trinajstić information content (AvgIpc) is 2.74. The summed E-state index contributed by atoms with van der Waals surface area (Å²) in [6.45, 7) is 0.823. The first-order chi connectivity index (χ1) is 13.7. The van der Waals surface area contributed by atoms with Crippen LogP contribution in [0.3, 0.4) is 0 Å². The Bertz CT molecular complexity index is 1060. The molecule has 0 radical (unpaired) electrons. The van der Waals surface area contributed by atoms with Crippen LogP contribution in [0.4, 0.5) is 11.5 Å². The fourth-order valence-corrected chi connectivity index (χ4v) is 3.22. The average molecular weight is 368 g/mol. The van der Waals surface area contributed by atoms with E-state index in [0.29, 0.717) is 0 Å². The highest BCUT2D eigenvalue weighted by Gasteiger charge is 2.09. The molecular formula is C24H24N4. The molecule has 0 unspecified atom stereocenters. The van der Waals surface area contributed by atoms with Crippen LogP contribution >= 0.6 is 0 Å². The predicted octanol–water partition coefficient (Wildman–Crippen LogP) is 5.02. The van der Waals surface area contributed by atoms with Crippen molar-refractivity contribution in [1.82, 2.24) is 9.97 Å². The highest BCUT2D eigenvalue weighted by atomic mass is 15.1. The summed E-state index contributed by atoms with van der Waals surface area (Å²) >= 11 is 0. The zero-order valence-electron chi connectivity index (χ0n) is 16.3. The molecule has 0 aliphatic carbocycles. The van der Waals surface area contributed by atoms with E-state index in [1.807, 2.05) is 38.4 Å². The summed E-state index contributed by atoms with van der Waals surface area (Å²) in [6.07, 6.45) is 0.950. The fraction of sp³-hybridized carbons (Fsp3) is 0.167. The number of aromatic nitrogens is 2. The van der Waals surface area contributed by atoms with Gasteiger partial charge in [0.05, 0.1) is 5.52 Å². The van der Waals surface area contributed by atoms with Gasteiger partial charge in [-0.05, 0) is 48.4 Å². The van der Waals surface area contributed by atoms with Gasteiger partial charge in [0.1, 0.15) is 5.82 Å². The molecule has 0 saturated heterocycles. The largest absolute Gasteiger partial charge is 0.378 e. The first-order valence-corrected chi connectivity index (χ1v) is 9.53. The van der Waals surface area contributed by atoms with E-state index >= 15 is 0 Å². The second-order valence-corrected chi connectivity index (χ2v) is 7.02. The second kappa shape index (κ2) is 8.09. The number of benzene rings is 3. The molecular weight excluding hydrogens is 344 g/mol. The number of para-hydroxylation sites is 1. The van der Waals surface area contributed by atoms with Gasteiger partial charge < -0.3 is 10.2 Å². The highest BCUT2D eigenvalue weighted by Crippen LogP contribution is 2.26. The van der Waals surface area contributed by atoms with Crippen molar-refractivity contribution in [2.24, 2.45) is 0 Å². The Kier molecular flexibility index (Phi) is 5.20. The van der Waals surface area contributed by atoms with E-state index in [9.17, 15) is 0 Å². The number of hydrogen-bond donors (Lipinski definition) is 1. The molecule has 28 heavy (non-hydrogen) atoms. The third-order valence-electron chi connectivity index (χ3n) is 4.79. The molecule has 1 heterocycles. The summed E-state index contributed by atoms with van der Waals surface area (Å²) in [4.78, 5) is 11.7. The maximum atomic E-state index is 4.84. The van der Waals surface area contributed by atoms with Crippen LogP contribution in [0.2, 0.25) is 0 Å². The van der Waals surface area contributed by atoms with Gasteiger partial charge in [0, 0.05) is 37.3 Å². The van der Waals surface area contributed by atoms with Gasteiger partial charge in [-0.2, -0.15) is 0 Å². The third-order valence-corrected chi connectivity index (χ3v) is 4.79. The SMILES string of the molecule is CN(C)c1ccc(-c2nc(NCCc3ccccc3)c3ccccc3n2)cc1. The molecule has 0 saturated carbocycles. The summed E-state index contributed by atoms with van der Waals surface area (Å²) in [5, 5.41) is 4.56. The minimum Gasteiger partial charge on any atom is -0.378 e. The van der Waals surface area contributed by atoms with Crippen molar-refractivity contribution >= 4 is 22.4 Å². The molecule has 4 aromatic rings. The van der Waals surface area contributed by atoms with E-state index in [1.54, 1.807) is 0 Å². The molecule has 0 bridgehead atoms. The quantitative estimate of drug-likeness (QED) is 0.519. The van der Waals surface area contributed by atoms with Crippen molar-refractivity contribution in [2.75, 3.05) is 30.9 Å². The van der Waals surface area contributed by atoms with Crippen LogP contribution < -0.4 is 10.2 Å². The van der Waals surface area contributed by atoms with E-state index in [-0.39, 0.29) is 0 Å². The Labute approximate surface area is 165 Å². The number of nitrogens with zero attached hydrogens (tertiary/aromatic N) is 3. The molecule has 0 aliphatic rings. The minimum absolute atomic E-state index is 0.742. The fourth-order valence-electron chi connectivity index (χ4n) is 3.22. The van der Waals surface area contributed by atoms with Crippen molar-refractivity contribution < 1.29 is 0 Å².